The molecule has 0 radical (unpaired) electrons. The predicted octanol–water partition coefficient (Wildman–Crippen LogP) is 2.60. The Hall–Kier alpha value is -0.940. The Morgan fingerprint density at radius 2 is 2.29 bits per heavy atom. The van der Waals surface area contributed by atoms with Gasteiger partial charge in [-0.05, 0) is 40.0 Å². The van der Waals surface area contributed by atoms with E-state index in [0.29, 0.717) is 23.2 Å². The lowest BCUT2D eigenvalue weighted by atomic mass is 10.1. The summed E-state index contributed by atoms with van der Waals surface area (Å²) in [6, 6.07) is 3.99. The average Bonchev–Trinajstić information content (AvgIpc) is 2.26. The molecular weight excluding hydrogens is 289 g/mol. The highest BCUT2D eigenvalue weighted by molar-refractivity contribution is 9.10. The second kappa shape index (κ2) is 6.71. The van der Waals surface area contributed by atoms with E-state index < -0.39 is 0 Å². The summed E-state index contributed by atoms with van der Waals surface area (Å²) in [5.41, 5.74) is 0.427. The highest BCUT2D eigenvalue weighted by Gasteiger charge is 2.11. The molecule has 94 valence electrons. The maximum absolute atomic E-state index is 12.8. The van der Waals surface area contributed by atoms with Gasteiger partial charge in [-0.1, -0.05) is 6.92 Å². The van der Waals surface area contributed by atoms with Crippen LogP contribution in [0.25, 0.3) is 0 Å². The largest absolute Gasteiger partial charge is 0.384 e. The molecule has 0 fully saturated rings. The van der Waals surface area contributed by atoms with Crippen LogP contribution in [0.5, 0.6) is 0 Å². The Morgan fingerprint density at radius 1 is 1.59 bits per heavy atom. The summed E-state index contributed by atoms with van der Waals surface area (Å²) >= 11 is 3.16. The second-order valence-electron chi connectivity index (χ2n) is 3.89. The molecule has 3 nitrogen and oxygen atoms in total. The molecule has 0 bridgehead atoms. The van der Waals surface area contributed by atoms with Gasteiger partial charge in [0.1, 0.15) is 5.82 Å². The minimum absolute atomic E-state index is 0.222. The Labute approximate surface area is 108 Å². The Balaban J connectivity index is 2.58. The number of rotatable bonds is 5. The smallest absolute Gasteiger partial charge is 0.252 e. The van der Waals surface area contributed by atoms with Gasteiger partial charge in [-0.3, -0.25) is 4.79 Å². The molecule has 0 saturated carbocycles. The molecule has 17 heavy (non-hydrogen) atoms. The molecule has 0 aliphatic heterocycles. The van der Waals surface area contributed by atoms with E-state index >= 15 is 0 Å². The first-order valence-electron chi connectivity index (χ1n) is 5.26. The lowest BCUT2D eigenvalue weighted by molar-refractivity contribution is 0.0933. The van der Waals surface area contributed by atoms with E-state index in [0.717, 1.165) is 0 Å². The van der Waals surface area contributed by atoms with E-state index in [2.05, 4.69) is 21.2 Å². The van der Waals surface area contributed by atoms with E-state index in [-0.39, 0.29) is 17.6 Å². The SMILES string of the molecule is COCC(C)CNC(=O)c1ccc(F)cc1Br. The molecule has 1 amide bonds. The van der Waals surface area contributed by atoms with Crippen LogP contribution in [-0.2, 0) is 4.74 Å². The molecule has 1 aromatic carbocycles. The van der Waals surface area contributed by atoms with E-state index in [1.54, 1.807) is 7.11 Å². The average molecular weight is 304 g/mol. The molecule has 5 heteroatoms. The minimum atomic E-state index is -0.374. The first-order valence-corrected chi connectivity index (χ1v) is 6.06. The van der Waals surface area contributed by atoms with Crippen molar-refractivity contribution in [2.45, 2.75) is 6.92 Å². The number of carbonyl (C=O) groups is 1. The van der Waals surface area contributed by atoms with Crippen LogP contribution in [0.1, 0.15) is 17.3 Å². The lowest BCUT2D eigenvalue weighted by Crippen LogP contribution is -2.30. The third-order valence-electron chi connectivity index (χ3n) is 2.24. The highest BCUT2D eigenvalue weighted by Crippen LogP contribution is 2.17. The van der Waals surface area contributed by atoms with Gasteiger partial charge in [0.25, 0.3) is 5.91 Å². The van der Waals surface area contributed by atoms with Gasteiger partial charge in [0.2, 0.25) is 0 Å². The molecule has 1 rings (SSSR count). The van der Waals surface area contributed by atoms with Crippen molar-refractivity contribution >= 4 is 21.8 Å². The summed E-state index contributed by atoms with van der Waals surface area (Å²) in [6.45, 7) is 3.09. The normalized spacial score (nSPS) is 12.2. The van der Waals surface area contributed by atoms with Crippen LogP contribution in [0, 0.1) is 11.7 Å². The summed E-state index contributed by atoms with van der Waals surface area (Å²) < 4.78 is 18.3. The third-order valence-corrected chi connectivity index (χ3v) is 2.89. The number of nitrogens with one attached hydrogen (secondary N) is 1. The number of amides is 1. The van der Waals surface area contributed by atoms with Crippen LogP contribution >= 0.6 is 15.9 Å². The fourth-order valence-corrected chi connectivity index (χ4v) is 1.91. The van der Waals surface area contributed by atoms with Crippen LogP contribution in [0.3, 0.4) is 0 Å². The summed E-state index contributed by atoms with van der Waals surface area (Å²) in [5.74, 6) is -0.357. The predicted molar refractivity (Wildman–Crippen MR) is 67.5 cm³/mol. The molecule has 1 atom stereocenters. The Bertz CT molecular complexity index is 398. The summed E-state index contributed by atoms with van der Waals surface area (Å²) in [5, 5.41) is 2.77. The first kappa shape index (κ1) is 14.1. The van der Waals surface area contributed by atoms with Crippen LogP contribution in [0.15, 0.2) is 22.7 Å². The van der Waals surface area contributed by atoms with Gasteiger partial charge in [0.15, 0.2) is 0 Å². The van der Waals surface area contributed by atoms with E-state index in [1.807, 2.05) is 6.92 Å². The second-order valence-corrected chi connectivity index (χ2v) is 4.75. The molecule has 0 spiro atoms. The maximum atomic E-state index is 12.8. The van der Waals surface area contributed by atoms with Crippen molar-refractivity contribution in [1.29, 1.82) is 0 Å². The van der Waals surface area contributed by atoms with Crippen LogP contribution in [0.4, 0.5) is 4.39 Å². The summed E-state index contributed by atoms with van der Waals surface area (Å²) in [6.07, 6.45) is 0. The number of hydrogen-bond donors (Lipinski definition) is 1. The van der Waals surface area contributed by atoms with Crippen LogP contribution in [-0.4, -0.2) is 26.2 Å². The zero-order chi connectivity index (χ0) is 12.8. The molecule has 0 aromatic heterocycles. The lowest BCUT2D eigenvalue weighted by Gasteiger charge is -2.12. The Kier molecular flexibility index (Phi) is 5.58. The number of benzene rings is 1. The van der Waals surface area contributed by atoms with Crippen molar-refractivity contribution in [2.75, 3.05) is 20.3 Å². The van der Waals surface area contributed by atoms with Crippen molar-refractivity contribution in [3.05, 3.63) is 34.1 Å². The number of carbonyl (C=O) groups excluding carboxylic acids is 1. The van der Waals surface area contributed by atoms with Crippen molar-refractivity contribution in [3.63, 3.8) is 0 Å². The van der Waals surface area contributed by atoms with Gasteiger partial charge in [-0.25, -0.2) is 4.39 Å². The van der Waals surface area contributed by atoms with Gasteiger partial charge in [-0.15, -0.1) is 0 Å². The monoisotopic (exact) mass is 303 g/mol. The summed E-state index contributed by atoms with van der Waals surface area (Å²) in [4.78, 5) is 11.8. The minimum Gasteiger partial charge on any atom is -0.384 e. The Morgan fingerprint density at radius 3 is 2.88 bits per heavy atom. The van der Waals surface area contributed by atoms with Gasteiger partial charge < -0.3 is 10.1 Å². The molecule has 1 N–H and O–H groups in total. The van der Waals surface area contributed by atoms with Gasteiger partial charge in [-0.2, -0.15) is 0 Å². The number of ether oxygens (including phenoxy) is 1. The molecule has 0 aliphatic carbocycles. The van der Waals surface area contributed by atoms with Crippen molar-refractivity contribution in [2.24, 2.45) is 5.92 Å². The fourth-order valence-electron chi connectivity index (χ4n) is 1.38. The van der Waals surface area contributed by atoms with Gasteiger partial charge in [0, 0.05) is 18.1 Å². The number of halogens is 2. The van der Waals surface area contributed by atoms with E-state index in [4.69, 9.17) is 4.74 Å². The van der Waals surface area contributed by atoms with Gasteiger partial charge in [0.05, 0.1) is 12.2 Å². The van der Waals surface area contributed by atoms with Crippen molar-refractivity contribution < 1.29 is 13.9 Å². The first-order chi connectivity index (χ1) is 8.04. The zero-order valence-corrected chi connectivity index (χ0v) is 11.4. The molecule has 0 saturated heterocycles. The molecule has 1 aromatic rings. The number of methoxy groups -OCH3 is 1. The zero-order valence-electron chi connectivity index (χ0n) is 9.80. The summed E-state index contributed by atoms with van der Waals surface area (Å²) in [7, 11) is 1.62. The fraction of sp³-hybridized carbons (Fsp3) is 0.417. The van der Waals surface area contributed by atoms with Crippen molar-refractivity contribution in [1.82, 2.24) is 5.32 Å². The maximum Gasteiger partial charge on any atom is 0.252 e. The molecule has 0 heterocycles. The van der Waals surface area contributed by atoms with Gasteiger partial charge >= 0.3 is 0 Å². The number of hydrogen-bond acceptors (Lipinski definition) is 2. The van der Waals surface area contributed by atoms with Crippen LogP contribution in [0.2, 0.25) is 0 Å². The molecule has 0 aliphatic rings. The molecule has 1 unspecified atom stereocenters. The standard InChI is InChI=1S/C12H15BrFNO2/c1-8(7-17-2)6-15-12(16)10-4-3-9(14)5-11(10)13/h3-5,8H,6-7H2,1-2H3,(H,15,16). The third kappa shape index (κ3) is 4.44. The van der Waals surface area contributed by atoms with E-state index in [9.17, 15) is 9.18 Å². The topological polar surface area (TPSA) is 38.3 Å². The van der Waals surface area contributed by atoms with Crippen LogP contribution < -0.4 is 5.32 Å². The highest BCUT2D eigenvalue weighted by atomic mass is 79.9. The quantitative estimate of drug-likeness (QED) is 0.908. The van der Waals surface area contributed by atoms with E-state index in [1.165, 1.54) is 18.2 Å². The molecular formula is C12H15BrFNO2. The van der Waals surface area contributed by atoms with Crippen molar-refractivity contribution in [3.8, 4) is 0 Å².